The van der Waals surface area contributed by atoms with E-state index in [1.54, 1.807) is 18.3 Å². The largest absolute Gasteiger partial charge is 0.573 e. The number of ether oxygens (including phenoxy) is 3. The predicted octanol–water partition coefficient (Wildman–Crippen LogP) is 4.29. The number of aliphatic hydroxyl groups is 1. The summed E-state index contributed by atoms with van der Waals surface area (Å²) >= 11 is 1.63. The molecule has 190 valence electrons. The second-order valence-electron chi connectivity index (χ2n) is 8.36. The quantitative estimate of drug-likeness (QED) is 0.460. The third-order valence-corrected chi connectivity index (χ3v) is 6.59. The van der Waals surface area contributed by atoms with Gasteiger partial charge in [0.15, 0.2) is 6.23 Å². The third-order valence-electron chi connectivity index (χ3n) is 5.64. The van der Waals surface area contributed by atoms with E-state index >= 15 is 0 Å². The first-order valence-electron chi connectivity index (χ1n) is 11.3. The summed E-state index contributed by atoms with van der Waals surface area (Å²) in [6.07, 6.45) is -5.86. The van der Waals surface area contributed by atoms with E-state index < -0.39 is 18.7 Å². The zero-order valence-corrected chi connectivity index (χ0v) is 20.3. The van der Waals surface area contributed by atoms with Crippen molar-refractivity contribution in [3.05, 3.63) is 47.5 Å². The van der Waals surface area contributed by atoms with Crippen molar-refractivity contribution in [1.82, 2.24) is 14.8 Å². The third kappa shape index (κ3) is 7.20. The summed E-state index contributed by atoms with van der Waals surface area (Å²) in [6.45, 7) is 7.77. The van der Waals surface area contributed by atoms with E-state index in [4.69, 9.17) is 9.47 Å². The van der Waals surface area contributed by atoms with E-state index in [0.717, 1.165) is 41.4 Å². The molecule has 11 heteroatoms. The molecule has 0 bridgehead atoms. The van der Waals surface area contributed by atoms with E-state index in [2.05, 4.69) is 19.5 Å². The van der Waals surface area contributed by atoms with Crippen LogP contribution in [0.4, 0.5) is 13.2 Å². The van der Waals surface area contributed by atoms with E-state index in [1.807, 2.05) is 25.1 Å². The molecule has 1 aromatic heterocycles. The second-order valence-corrected chi connectivity index (χ2v) is 9.59. The van der Waals surface area contributed by atoms with Gasteiger partial charge in [-0.1, -0.05) is 0 Å². The van der Waals surface area contributed by atoms with E-state index in [9.17, 15) is 18.3 Å². The molecule has 0 saturated carbocycles. The number of benzene rings is 2. The Hall–Kier alpha value is -2.60. The molecule has 1 saturated heterocycles. The van der Waals surface area contributed by atoms with Crippen LogP contribution in [0.1, 0.15) is 11.9 Å². The van der Waals surface area contributed by atoms with Crippen molar-refractivity contribution in [3.8, 4) is 17.2 Å². The van der Waals surface area contributed by atoms with Crippen LogP contribution in [0.3, 0.4) is 0 Å². The van der Waals surface area contributed by atoms with Gasteiger partial charge in [-0.2, -0.15) is 0 Å². The Bertz CT molecular complexity index is 1100. The lowest BCUT2D eigenvalue weighted by Crippen LogP contribution is -2.55. The standard InChI is InChI=1S/C24H28F3N3O4S/c1-16(31)23(33-20-7-8-22-21(15-20)28-17(2)35-22)30-11-9-29(10-12-30)13-14-32-18-3-5-19(6-4-18)34-24(25,26)27/h3-8,15-16,23,31H,9-14H2,1-2H3/t16-,23?/m1/s1. The molecule has 2 heterocycles. The van der Waals surface area contributed by atoms with Gasteiger partial charge in [0.25, 0.3) is 0 Å². The van der Waals surface area contributed by atoms with Crippen molar-refractivity contribution in [2.45, 2.75) is 32.5 Å². The lowest BCUT2D eigenvalue weighted by Gasteiger charge is -2.40. The van der Waals surface area contributed by atoms with Crippen molar-refractivity contribution < 1.29 is 32.5 Å². The van der Waals surface area contributed by atoms with Crippen LogP contribution in [0.2, 0.25) is 0 Å². The molecule has 3 aromatic rings. The molecule has 0 spiro atoms. The second kappa shape index (κ2) is 11.0. The maximum absolute atomic E-state index is 12.3. The van der Waals surface area contributed by atoms with Gasteiger partial charge in [0.1, 0.15) is 30.0 Å². The summed E-state index contributed by atoms with van der Waals surface area (Å²) in [5, 5.41) is 11.4. The summed E-state index contributed by atoms with van der Waals surface area (Å²) < 4.78 is 53.5. The number of aromatic nitrogens is 1. The molecular formula is C24H28F3N3O4S. The molecule has 1 aliphatic heterocycles. The van der Waals surface area contributed by atoms with Gasteiger partial charge in [0, 0.05) is 38.8 Å². The molecule has 1 aliphatic rings. The smallest absolute Gasteiger partial charge is 0.492 e. The van der Waals surface area contributed by atoms with Crippen LogP contribution in [0.25, 0.3) is 10.2 Å². The van der Waals surface area contributed by atoms with Crippen LogP contribution in [0.15, 0.2) is 42.5 Å². The van der Waals surface area contributed by atoms with E-state index in [-0.39, 0.29) is 5.75 Å². The zero-order chi connectivity index (χ0) is 25.0. The molecule has 35 heavy (non-hydrogen) atoms. The first-order valence-corrected chi connectivity index (χ1v) is 12.1. The fourth-order valence-electron chi connectivity index (χ4n) is 3.98. The van der Waals surface area contributed by atoms with Crippen molar-refractivity contribution in [2.24, 2.45) is 0 Å². The molecule has 7 nitrogen and oxygen atoms in total. The van der Waals surface area contributed by atoms with E-state index in [0.29, 0.717) is 24.7 Å². The number of alkyl halides is 3. The number of fused-ring (bicyclic) bond motifs is 1. The number of rotatable bonds is 9. The lowest BCUT2D eigenvalue weighted by molar-refractivity contribution is -0.274. The number of aliphatic hydroxyl groups excluding tert-OH is 1. The normalized spacial score (nSPS) is 17.3. The minimum atomic E-state index is -4.71. The minimum absolute atomic E-state index is 0.280. The predicted molar refractivity (Wildman–Crippen MR) is 127 cm³/mol. The Labute approximate surface area is 205 Å². The lowest BCUT2D eigenvalue weighted by atomic mass is 10.2. The number of halogens is 3. The van der Waals surface area contributed by atoms with Gasteiger partial charge in [-0.25, -0.2) is 4.98 Å². The van der Waals surface area contributed by atoms with Crippen molar-refractivity contribution in [1.29, 1.82) is 0 Å². The van der Waals surface area contributed by atoms with Gasteiger partial charge in [-0.3, -0.25) is 9.80 Å². The average Bonchev–Trinajstić information content (AvgIpc) is 3.17. The van der Waals surface area contributed by atoms with Gasteiger partial charge in [0.2, 0.25) is 0 Å². The number of thiazole rings is 1. The van der Waals surface area contributed by atoms with Crippen molar-refractivity contribution in [3.63, 3.8) is 0 Å². The van der Waals surface area contributed by atoms with Crippen LogP contribution in [0.5, 0.6) is 17.2 Å². The van der Waals surface area contributed by atoms with Gasteiger partial charge < -0.3 is 19.3 Å². The molecule has 2 atom stereocenters. The van der Waals surface area contributed by atoms with Crippen molar-refractivity contribution >= 4 is 21.6 Å². The number of hydrogen-bond acceptors (Lipinski definition) is 8. The Morgan fingerprint density at radius 2 is 1.69 bits per heavy atom. The molecule has 1 N–H and O–H groups in total. The number of hydrogen-bond donors (Lipinski definition) is 1. The first kappa shape index (κ1) is 25.5. The molecule has 2 aromatic carbocycles. The van der Waals surface area contributed by atoms with E-state index in [1.165, 1.54) is 24.3 Å². The van der Waals surface area contributed by atoms with Crippen LogP contribution >= 0.6 is 11.3 Å². The Morgan fingerprint density at radius 3 is 2.34 bits per heavy atom. The Morgan fingerprint density at radius 1 is 1.03 bits per heavy atom. The summed E-state index contributed by atoms with van der Waals surface area (Å²) in [7, 11) is 0. The maximum atomic E-state index is 12.3. The SMILES string of the molecule is Cc1nc2cc(OC([C@@H](C)O)N3CCN(CCOc4ccc(OC(F)(F)F)cc4)CC3)ccc2s1. The summed E-state index contributed by atoms with van der Waals surface area (Å²) in [6, 6.07) is 11.2. The Balaban J connectivity index is 1.23. The van der Waals surface area contributed by atoms with Gasteiger partial charge in [-0.15, -0.1) is 24.5 Å². The van der Waals surface area contributed by atoms with Crippen molar-refractivity contribution in [2.75, 3.05) is 39.3 Å². The maximum Gasteiger partial charge on any atom is 0.573 e. The highest BCUT2D eigenvalue weighted by Gasteiger charge is 2.31. The fourth-order valence-corrected chi connectivity index (χ4v) is 4.79. The summed E-state index contributed by atoms with van der Waals surface area (Å²) in [5.41, 5.74) is 0.890. The minimum Gasteiger partial charge on any atom is -0.492 e. The van der Waals surface area contributed by atoms with Gasteiger partial charge in [0.05, 0.1) is 15.2 Å². The fraction of sp³-hybridized carbons (Fsp3) is 0.458. The highest BCUT2D eigenvalue weighted by Crippen LogP contribution is 2.27. The molecule has 4 rings (SSSR count). The molecule has 1 unspecified atom stereocenters. The summed E-state index contributed by atoms with van der Waals surface area (Å²) in [4.78, 5) is 8.87. The van der Waals surface area contributed by atoms with Crippen LogP contribution < -0.4 is 14.2 Å². The number of aryl methyl sites for hydroxylation is 1. The molecule has 0 amide bonds. The highest BCUT2D eigenvalue weighted by atomic mass is 32.1. The van der Waals surface area contributed by atoms with Crippen LogP contribution in [-0.2, 0) is 0 Å². The Kier molecular flexibility index (Phi) is 8.00. The average molecular weight is 512 g/mol. The van der Waals surface area contributed by atoms with Gasteiger partial charge in [-0.05, 0) is 50.2 Å². The first-order chi connectivity index (χ1) is 16.7. The molecule has 0 aliphatic carbocycles. The highest BCUT2D eigenvalue weighted by molar-refractivity contribution is 7.18. The van der Waals surface area contributed by atoms with Crippen LogP contribution in [-0.4, -0.2) is 77.9 Å². The number of nitrogens with zero attached hydrogens (tertiary/aromatic N) is 3. The van der Waals surface area contributed by atoms with Crippen LogP contribution in [0, 0.1) is 6.92 Å². The molecular weight excluding hydrogens is 483 g/mol. The zero-order valence-electron chi connectivity index (χ0n) is 19.5. The monoisotopic (exact) mass is 511 g/mol. The number of piperazine rings is 1. The summed E-state index contributed by atoms with van der Waals surface area (Å²) in [5.74, 6) is 0.877. The van der Waals surface area contributed by atoms with Gasteiger partial charge >= 0.3 is 6.36 Å². The topological polar surface area (TPSA) is 67.3 Å². The molecule has 1 fully saturated rings. The molecule has 0 radical (unpaired) electrons.